The van der Waals surface area contributed by atoms with E-state index in [0.717, 1.165) is 24.8 Å². The second-order valence-corrected chi connectivity index (χ2v) is 7.07. The number of phenols is 1. The third-order valence-corrected chi connectivity index (χ3v) is 4.72. The normalized spacial score (nSPS) is 10.9. The van der Waals surface area contributed by atoms with Gasteiger partial charge >= 0.3 is 0 Å². The highest BCUT2D eigenvalue weighted by atomic mass is 16.3. The van der Waals surface area contributed by atoms with Gasteiger partial charge < -0.3 is 9.90 Å². The standard InChI is InChI=1S/C22H36O2/c1-20(23)16-12-10-8-6-4-2-3-5-7-9-11-13-17-21-18-14-15-19-22(21)24/h14-15,18-19,24H,2-13,16-17H2,1H3. The Morgan fingerprint density at radius 3 is 1.71 bits per heavy atom. The minimum absolute atomic E-state index is 0.329. The summed E-state index contributed by atoms with van der Waals surface area (Å²) in [6.45, 7) is 1.69. The Hall–Kier alpha value is -1.31. The van der Waals surface area contributed by atoms with Crippen LogP contribution in [0.1, 0.15) is 96.0 Å². The van der Waals surface area contributed by atoms with E-state index in [1.807, 2.05) is 18.2 Å². The van der Waals surface area contributed by atoms with E-state index in [2.05, 4.69) is 0 Å². The zero-order valence-corrected chi connectivity index (χ0v) is 15.6. The molecule has 0 spiro atoms. The van der Waals surface area contributed by atoms with Crippen molar-refractivity contribution in [1.29, 1.82) is 0 Å². The number of carbonyl (C=O) groups is 1. The molecule has 0 heterocycles. The summed E-state index contributed by atoms with van der Waals surface area (Å²) in [5.74, 6) is 0.773. The van der Waals surface area contributed by atoms with Gasteiger partial charge in [-0.05, 0) is 37.8 Å². The Kier molecular flexibility index (Phi) is 12.2. The van der Waals surface area contributed by atoms with Crippen LogP contribution < -0.4 is 0 Å². The molecule has 0 unspecified atom stereocenters. The van der Waals surface area contributed by atoms with Gasteiger partial charge in [0, 0.05) is 6.42 Å². The second-order valence-electron chi connectivity index (χ2n) is 7.07. The molecular formula is C22H36O2. The topological polar surface area (TPSA) is 37.3 Å². The maximum atomic E-state index is 10.8. The van der Waals surface area contributed by atoms with Crippen LogP contribution in [0.15, 0.2) is 24.3 Å². The molecule has 2 nitrogen and oxygen atoms in total. The lowest BCUT2D eigenvalue weighted by Gasteiger charge is -2.05. The molecular weight excluding hydrogens is 296 g/mol. The van der Waals surface area contributed by atoms with Gasteiger partial charge in [-0.1, -0.05) is 82.4 Å². The van der Waals surface area contributed by atoms with Crippen LogP contribution in [0.3, 0.4) is 0 Å². The van der Waals surface area contributed by atoms with Crippen LogP contribution in [-0.2, 0) is 11.2 Å². The maximum Gasteiger partial charge on any atom is 0.129 e. The van der Waals surface area contributed by atoms with Gasteiger partial charge in [-0.2, -0.15) is 0 Å². The summed E-state index contributed by atoms with van der Waals surface area (Å²) < 4.78 is 0. The lowest BCUT2D eigenvalue weighted by Crippen LogP contribution is -1.89. The second kappa shape index (κ2) is 14.1. The zero-order chi connectivity index (χ0) is 17.5. The molecule has 0 aliphatic rings. The number of carbonyl (C=O) groups excluding carboxylic acids is 1. The van der Waals surface area contributed by atoms with Crippen LogP contribution in [0.4, 0.5) is 0 Å². The van der Waals surface area contributed by atoms with Crippen molar-refractivity contribution >= 4 is 5.78 Å². The number of unbranched alkanes of at least 4 members (excludes halogenated alkanes) is 11. The molecule has 0 saturated carbocycles. The van der Waals surface area contributed by atoms with Gasteiger partial charge in [0.1, 0.15) is 11.5 Å². The quantitative estimate of drug-likeness (QED) is 0.368. The van der Waals surface area contributed by atoms with E-state index in [1.54, 1.807) is 13.0 Å². The van der Waals surface area contributed by atoms with Crippen molar-refractivity contribution in [2.45, 2.75) is 96.8 Å². The van der Waals surface area contributed by atoms with Crippen molar-refractivity contribution in [3.8, 4) is 5.75 Å². The van der Waals surface area contributed by atoms with Crippen molar-refractivity contribution in [3.63, 3.8) is 0 Å². The zero-order valence-electron chi connectivity index (χ0n) is 15.6. The molecule has 136 valence electrons. The smallest absolute Gasteiger partial charge is 0.129 e. The molecule has 1 aromatic rings. The van der Waals surface area contributed by atoms with E-state index in [0.29, 0.717) is 11.5 Å². The Bertz CT molecular complexity index is 439. The molecule has 1 aromatic carbocycles. The van der Waals surface area contributed by atoms with E-state index in [4.69, 9.17) is 0 Å². The van der Waals surface area contributed by atoms with Crippen LogP contribution in [0.2, 0.25) is 0 Å². The predicted octanol–water partition coefficient (Wildman–Crippen LogP) is 6.60. The minimum atomic E-state index is 0.329. The molecule has 0 aliphatic carbocycles. The Labute approximate surface area is 148 Å². The maximum absolute atomic E-state index is 10.8. The van der Waals surface area contributed by atoms with Crippen LogP contribution in [0.25, 0.3) is 0 Å². The number of benzene rings is 1. The fourth-order valence-corrected chi connectivity index (χ4v) is 3.18. The molecule has 1 N–H and O–H groups in total. The fraction of sp³-hybridized carbons (Fsp3) is 0.682. The molecule has 0 aliphatic heterocycles. The van der Waals surface area contributed by atoms with E-state index in [9.17, 15) is 9.90 Å². The van der Waals surface area contributed by atoms with E-state index < -0.39 is 0 Å². The third kappa shape index (κ3) is 11.3. The van der Waals surface area contributed by atoms with E-state index in [-0.39, 0.29) is 0 Å². The summed E-state index contributed by atoms with van der Waals surface area (Å²) in [6, 6.07) is 7.68. The van der Waals surface area contributed by atoms with Crippen molar-refractivity contribution < 1.29 is 9.90 Å². The van der Waals surface area contributed by atoms with Gasteiger partial charge in [-0.25, -0.2) is 0 Å². The number of aryl methyl sites for hydroxylation is 1. The summed E-state index contributed by atoms with van der Waals surface area (Å²) in [5, 5.41) is 9.71. The molecule has 0 saturated heterocycles. The van der Waals surface area contributed by atoms with Crippen molar-refractivity contribution in [2.24, 2.45) is 0 Å². The fourth-order valence-electron chi connectivity index (χ4n) is 3.18. The SMILES string of the molecule is CC(=O)CCCCCCCCCCCCCCc1ccccc1O. The number of para-hydroxylation sites is 1. The summed E-state index contributed by atoms with van der Waals surface area (Å²) >= 11 is 0. The van der Waals surface area contributed by atoms with E-state index >= 15 is 0 Å². The first kappa shape index (κ1) is 20.7. The molecule has 24 heavy (non-hydrogen) atoms. The average Bonchev–Trinajstić information content (AvgIpc) is 2.56. The number of hydrogen-bond donors (Lipinski definition) is 1. The molecule has 1 rings (SSSR count). The third-order valence-electron chi connectivity index (χ3n) is 4.72. The lowest BCUT2D eigenvalue weighted by atomic mass is 10.0. The predicted molar refractivity (Wildman–Crippen MR) is 103 cm³/mol. The Balaban J connectivity index is 1.79. The van der Waals surface area contributed by atoms with Crippen LogP contribution in [0, 0.1) is 0 Å². The number of ketones is 1. The van der Waals surface area contributed by atoms with Gasteiger partial charge in [0.05, 0.1) is 0 Å². The average molecular weight is 333 g/mol. The molecule has 0 atom stereocenters. The van der Waals surface area contributed by atoms with E-state index in [1.165, 1.54) is 70.6 Å². The highest BCUT2D eigenvalue weighted by molar-refractivity contribution is 5.75. The highest BCUT2D eigenvalue weighted by Gasteiger charge is 1.99. The van der Waals surface area contributed by atoms with Crippen LogP contribution in [0.5, 0.6) is 5.75 Å². The molecule has 0 aromatic heterocycles. The Morgan fingerprint density at radius 1 is 0.750 bits per heavy atom. The summed E-state index contributed by atoms with van der Waals surface area (Å²) in [6.07, 6.45) is 17.2. The minimum Gasteiger partial charge on any atom is -0.508 e. The number of rotatable bonds is 15. The summed E-state index contributed by atoms with van der Waals surface area (Å²) in [4.78, 5) is 10.8. The number of hydrogen-bond acceptors (Lipinski definition) is 2. The number of Topliss-reactive ketones (excluding diaryl/α,β-unsaturated/α-hetero) is 1. The Morgan fingerprint density at radius 2 is 1.21 bits per heavy atom. The first-order valence-electron chi connectivity index (χ1n) is 9.96. The van der Waals surface area contributed by atoms with Crippen molar-refractivity contribution in [1.82, 2.24) is 0 Å². The van der Waals surface area contributed by atoms with Gasteiger partial charge in [0.15, 0.2) is 0 Å². The summed E-state index contributed by atoms with van der Waals surface area (Å²) in [5.41, 5.74) is 1.08. The van der Waals surface area contributed by atoms with Gasteiger partial charge in [-0.15, -0.1) is 0 Å². The number of phenolic OH excluding ortho intramolecular Hbond substituents is 1. The molecule has 0 radical (unpaired) electrons. The van der Waals surface area contributed by atoms with Crippen molar-refractivity contribution in [3.05, 3.63) is 29.8 Å². The van der Waals surface area contributed by atoms with Crippen LogP contribution in [-0.4, -0.2) is 10.9 Å². The molecule has 2 heteroatoms. The molecule has 0 fully saturated rings. The monoisotopic (exact) mass is 332 g/mol. The van der Waals surface area contributed by atoms with Gasteiger partial charge in [0.2, 0.25) is 0 Å². The van der Waals surface area contributed by atoms with Crippen molar-refractivity contribution in [2.75, 3.05) is 0 Å². The van der Waals surface area contributed by atoms with Crippen LogP contribution >= 0.6 is 0 Å². The molecule has 0 bridgehead atoms. The lowest BCUT2D eigenvalue weighted by molar-refractivity contribution is -0.117. The van der Waals surface area contributed by atoms with Gasteiger partial charge in [0.25, 0.3) is 0 Å². The van der Waals surface area contributed by atoms with Gasteiger partial charge in [-0.3, -0.25) is 0 Å². The highest BCUT2D eigenvalue weighted by Crippen LogP contribution is 2.19. The summed E-state index contributed by atoms with van der Waals surface area (Å²) in [7, 11) is 0. The largest absolute Gasteiger partial charge is 0.508 e. The molecule has 0 amide bonds. The first-order chi connectivity index (χ1) is 11.7. The number of aromatic hydroxyl groups is 1. The first-order valence-corrected chi connectivity index (χ1v) is 9.96.